The highest BCUT2D eigenvalue weighted by Crippen LogP contribution is 2.16. The predicted molar refractivity (Wildman–Crippen MR) is 69.8 cm³/mol. The maximum atomic E-state index is 13.7. The van der Waals surface area contributed by atoms with Crippen molar-refractivity contribution < 1.29 is 13.9 Å². The lowest BCUT2D eigenvalue weighted by Crippen LogP contribution is -2.01. The largest absolute Gasteiger partial charge is 0.465 e. The number of carbonyl (C=O) groups is 1. The van der Waals surface area contributed by atoms with Gasteiger partial charge in [0.2, 0.25) is 0 Å². The molecule has 0 N–H and O–H groups in total. The molecule has 0 bridgehead atoms. The summed E-state index contributed by atoms with van der Waals surface area (Å²) in [7, 11) is 0. The SMILES string of the molecule is CCOC(=O)CC#Cc1cc2cccnc2cc1F. The van der Waals surface area contributed by atoms with E-state index in [1.54, 1.807) is 25.3 Å². The Bertz CT molecular complexity index is 671. The molecule has 0 aliphatic carbocycles. The van der Waals surface area contributed by atoms with E-state index in [9.17, 15) is 9.18 Å². The van der Waals surface area contributed by atoms with Crippen molar-refractivity contribution in [2.45, 2.75) is 13.3 Å². The molecule has 1 aromatic carbocycles. The van der Waals surface area contributed by atoms with E-state index in [1.165, 1.54) is 6.07 Å². The monoisotopic (exact) mass is 257 g/mol. The number of benzene rings is 1. The van der Waals surface area contributed by atoms with E-state index in [-0.39, 0.29) is 12.0 Å². The van der Waals surface area contributed by atoms with Crippen molar-refractivity contribution in [1.29, 1.82) is 0 Å². The molecule has 2 rings (SSSR count). The molecule has 96 valence electrons. The zero-order valence-corrected chi connectivity index (χ0v) is 10.4. The smallest absolute Gasteiger partial charge is 0.317 e. The third kappa shape index (κ3) is 3.29. The van der Waals surface area contributed by atoms with Gasteiger partial charge in [0.25, 0.3) is 0 Å². The minimum atomic E-state index is -0.442. The standard InChI is InChI=1S/C15H12FNO2/c1-2-19-15(18)7-3-5-11-9-12-6-4-8-17-14(12)10-13(11)16/h4,6,8-10H,2,7H2,1H3. The highest BCUT2D eigenvalue weighted by molar-refractivity contribution is 5.80. The molecule has 0 atom stereocenters. The van der Waals surface area contributed by atoms with Crippen LogP contribution in [0.25, 0.3) is 10.9 Å². The number of halogens is 1. The topological polar surface area (TPSA) is 39.2 Å². The first-order chi connectivity index (χ1) is 9.20. The fourth-order valence-corrected chi connectivity index (χ4v) is 1.61. The van der Waals surface area contributed by atoms with Gasteiger partial charge in [-0.05, 0) is 19.1 Å². The Morgan fingerprint density at radius 1 is 1.47 bits per heavy atom. The summed E-state index contributed by atoms with van der Waals surface area (Å²) in [5, 5.41) is 0.810. The van der Waals surface area contributed by atoms with Crippen LogP contribution in [-0.4, -0.2) is 17.6 Å². The normalized spacial score (nSPS) is 9.79. The summed E-state index contributed by atoms with van der Waals surface area (Å²) in [5.41, 5.74) is 0.834. The van der Waals surface area contributed by atoms with Crippen LogP contribution in [0, 0.1) is 17.7 Å². The maximum absolute atomic E-state index is 13.7. The van der Waals surface area contributed by atoms with Gasteiger partial charge in [-0.2, -0.15) is 0 Å². The molecule has 2 aromatic rings. The van der Waals surface area contributed by atoms with E-state index in [2.05, 4.69) is 16.8 Å². The van der Waals surface area contributed by atoms with Crippen molar-refractivity contribution in [3.8, 4) is 11.8 Å². The summed E-state index contributed by atoms with van der Waals surface area (Å²) in [4.78, 5) is 15.2. The first-order valence-corrected chi connectivity index (χ1v) is 5.89. The van der Waals surface area contributed by atoms with Crippen molar-refractivity contribution >= 4 is 16.9 Å². The Hall–Kier alpha value is -2.41. The van der Waals surface area contributed by atoms with Crippen molar-refractivity contribution in [2.75, 3.05) is 6.61 Å². The summed E-state index contributed by atoms with van der Waals surface area (Å²) in [5.74, 6) is 4.40. The minimum absolute atomic E-state index is 0.0433. The van der Waals surface area contributed by atoms with E-state index in [1.807, 2.05) is 6.07 Å². The number of fused-ring (bicyclic) bond motifs is 1. The second kappa shape index (κ2) is 5.96. The van der Waals surface area contributed by atoms with Gasteiger partial charge >= 0.3 is 5.97 Å². The lowest BCUT2D eigenvalue weighted by molar-refractivity contribution is -0.141. The molecular formula is C15H12FNO2. The number of rotatable bonds is 2. The predicted octanol–water partition coefficient (Wildman–Crippen LogP) is 2.68. The van der Waals surface area contributed by atoms with E-state index < -0.39 is 11.8 Å². The average Bonchev–Trinajstić information content (AvgIpc) is 2.39. The number of nitrogens with zero attached hydrogens (tertiary/aromatic N) is 1. The quantitative estimate of drug-likeness (QED) is 0.613. The number of pyridine rings is 1. The third-order valence-corrected chi connectivity index (χ3v) is 2.45. The first kappa shape index (κ1) is 13.0. The van der Waals surface area contributed by atoms with Gasteiger partial charge in [-0.1, -0.05) is 17.9 Å². The minimum Gasteiger partial charge on any atom is -0.465 e. The van der Waals surface area contributed by atoms with Crippen LogP contribution in [0.1, 0.15) is 18.9 Å². The van der Waals surface area contributed by atoms with Gasteiger partial charge in [0.15, 0.2) is 0 Å². The highest BCUT2D eigenvalue weighted by Gasteiger charge is 2.03. The van der Waals surface area contributed by atoms with Crippen LogP contribution in [0.3, 0.4) is 0 Å². The molecule has 0 amide bonds. The van der Waals surface area contributed by atoms with Gasteiger partial charge in [0, 0.05) is 17.6 Å². The van der Waals surface area contributed by atoms with Crippen molar-refractivity contribution in [3.05, 3.63) is 41.8 Å². The van der Waals surface area contributed by atoms with Gasteiger partial charge in [-0.3, -0.25) is 9.78 Å². The molecule has 0 unspecified atom stereocenters. The molecule has 3 nitrogen and oxygen atoms in total. The maximum Gasteiger partial charge on any atom is 0.317 e. The number of hydrogen-bond acceptors (Lipinski definition) is 3. The third-order valence-electron chi connectivity index (χ3n) is 2.45. The van der Waals surface area contributed by atoms with Crippen molar-refractivity contribution in [1.82, 2.24) is 4.98 Å². The van der Waals surface area contributed by atoms with E-state index in [4.69, 9.17) is 4.74 Å². The molecule has 0 spiro atoms. The molecule has 0 aliphatic heterocycles. The molecule has 19 heavy (non-hydrogen) atoms. The number of aromatic nitrogens is 1. The van der Waals surface area contributed by atoms with Crippen LogP contribution in [0.2, 0.25) is 0 Å². The Kier molecular flexibility index (Phi) is 4.09. The number of carbonyl (C=O) groups excluding carboxylic acids is 1. The van der Waals surface area contributed by atoms with Crippen LogP contribution in [-0.2, 0) is 9.53 Å². The number of esters is 1. The Morgan fingerprint density at radius 2 is 2.32 bits per heavy atom. The van der Waals surface area contributed by atoms with Crippen molar-refractivity contribution in [3.63, 3.8) is 0 Å². The first-order valence-electron chi connectivity index (χ1n) is 5.89. The number of ether oxygens (including phenoxy) is 1. The van der Waals surface area contributed by atoms with Crippen LogP contribution >= 0.6 is 0 Å². The van der Waals surface area contributed by atoms with Gasteiger partial charge in [-0.25, -0.2) is 4.39 Å². The fourth-order valence-electron chi connectivity index (χ4n) is 1.61. The van der Waals surface area contributed by atoms with Gasteiger partial charge in [-0.15, -0.1) is 0 Å². The molecule has 0 saturated carbocycles. The zero-order valence-electron chi connectivity index (χ0n) is 10.4. The Morgan fingerprint density at radius 3 is 3.11 bits per heavy atom. The van der Waals surface area contributed by atoms with Crippen LogP contribution in [0.5, 0.6) is 0 Å². The summed E-state index contributed by atoms with van der Waals surface area (Å²) in [6.07, 6.45) is 1.56. The zero-order chi connectivity index (χ0) is 13.7. The van der Waals surface area contributed by atoms with Crippen molar-refractivity contribution in [2.24, 2.45) is 0 Å². The summed E-state index contributed by atoms with van der Waals surface area (Å²) in [6, 6.07) is 6.56. The van der Waals surface area contributed by atoms with E-state index in [0.29, 0.717) is 12.1 Å². The molecule has 0 saturated heterocycles. The lowest BCUT2D eigenvalue weighted by atomic mass is 10.1. The molecule has 0 fully saturated rings. The van der Waals surface area contributed by atoms with Crippen LogP contribution in [0.15, 0.2) is 30.5 Å². The lowest BCUT2D eigenvalue weighted by Gasteiger charge is -1.99. The average molecular weight is 257 g/mol. The molecule has 1 heterocycles. The second-order valence-electron chi connectivity index (χ2n) is 3.81. The molecule has 1 aromatic heterocycles. The van der Waals surface area contributed by atoms with Gasteiger partial charge in [0.05, 0.1) is 17.7 Å². The highest BCUT2D eigenvalue weighted by atomic mass is 19.1. The summed E-state index contributed by atoms with van der Waals surface area (Å²) in [6.45, 7) is 2.04. The Labute approximate surface area is 110 Å². The molecule has 4 heteroatoms. The summed E-state index contributed by atoms with van der Waals surface area (Å²) < 4.78 is 18.5. The van der Waals surface area contributed by atoms with Gasteiger partial charge < -0.3 is 4.74 Å². The van der Waals surface area contributed by atoms with E-state index in [0.717, 1.165) is 5.39 Å². The second-order valence-corrected chi connectivity index (χ2v) is 3.81. The van der Waals surface area contributed by atoms with E-state index >= 15 is 0 Å². The molecule has 0 aliphatic rings. The molecule has 0 radical (unpaired) electrons. The molecular weight excluding hydrogens is 245 g/mol. The fraction of sp³-hybridized carbons (Fsp3) is 0.200. The van der Waals surface area contributed by atoms with Gasteiger partial charge in [0.1, 0.15) is 12.2 Å². The summed E-state index contributed by atoms with van der Waals surface area (Å²) >= 11 is 0. The number of hydrogen-bond donors (Lipinski definition) is 0. The Balaban J connectivity index is 2.23. The van der Waals surface area contributed by atoms with Crippen LogP contribution in [0.4, 0.5) is 4.39 Å². The van der Waals surface area contributed by atoms with Crippen LogP contribution < -0.4 is 0 Å².